The lowest BCUT2D eigenvalue weighted by molar-refractivity contribution is 0.0315. The van der Waals surface area contributed by atoms with Crippen molar-refractivity contribution in [3.05, 3.63) is 0 Å². The lowest BCUT2D eigenvalue weighted by Gasteiger charge is -2.35. The Kier molecular flexibility index (Phi) is 7.44. The fourth-order valence-corrected chi connectivity index (χ4v) is 3.58. The van der Waals surface area contributed by atoms with Gasteiger partial charge in [0.05, 0.1) is 12.7 Å². The molecule has 2 heterocycles. The van der Waals surface area contributed by atoms with Crippen molar-refractivity contribution < 1.29 is 9.84 Å². The summed E-state index contributed by atoms with van der Waals surface area (Å²) in [4.78, 5) is 2.63. The molecular formula is C17H34N2O2. The highest BCUT2D eigenvalue weighted by molar-refractivity contribution is 4.89. The Balaban J connectivity index is 1.49. The molecule has 2 aliphatic heterocycles. The number of ether oxygens (including phenoxy) is 1. The average Bonchev–Trinajstić information content (AvgIpc) is 2.92. The highest BCUT2D eigenvalue weighted by Gasteiger charge is 2.31. The summed E-state index contributed by atoms with van der Waals surface area (Å²) in [6.07, 6.45) is 7.13. The highest BCUT2D eigenvalue weighted by atomic mass is 16.5. The van der Waals surface area contributed by atoms with Gasteiger partial charge in [-0.25, -0.2) is 0 Å². The van der Waals surface area contributed by atoms with Crippen LogP contribution in [0.4, 0.5) is 0 Å². The van der Waals surface area contributed by atoms with Crippen LogP contribution in [0.3, 0.4) is 0 Å². The van der Waals surface area contributed by atoms with Gasteiger partial charge in [0.25, 0.3) is 0 Å². The summed E-state index contributed by atoms with van der Waals surface area (Å²) in [5, 5.41) is 13.5. The minimum Gasteiger partial charge on any atom is -0.389 e. The number of hydrogen-bond donors (Lipinski definition) is 2. The summed E-state index contributed by atoms with van der Waals surface area (Å²) in [5.74, 6) is 0.738. The third-order valence-corrected chi connectivity index (χ3v) is 4.84. The number of nitrogens with zero attached hydrogens (tertiary/aromatic N) is 1. The van der Waals surface area contributed by atoms with Gasteiger partial charge in [0, 0.05) is 25.2 Å². The van der Waals surface area contributed by atoms with Gasteiger partial charge in [-0.05, 0) is 57.5 Å². The lowest BCUT2D eigenvalue weighted by Crippen LogP contribution is -2.47. The van der Waals surface area contributed by atoms with Crippen LogP contribution in [0.5, 0.6) is 0 Å². The van der Waals surface area contributed by atoms with Crippen LogP contribution in [0.1, 0.15) is 52.4 Å². The molecule has 3 unspecified atom stereocenters. The van der Waals surface area contributed by atoms with Crippen LogP contribution >= 0.6 is 0 Å². The largest absolute Gasteiger partial charge is 0.389 e. The summed E-state index contributed by atoms with van der Waals surface area (Å²) in [6, 6.07) is 1.38. The van der Waals surface area contributed by atoms with E-state index in [2.05, 4.69) is 24.1 Å². The Bertz CT molecular complexity index is 286. The van der Waals surface area contributed by atoms with Crippen molar-refractivity contribution in [3.8, 4) is 0 Å². The lowest BCUT2D eigenvalue weighted by atomic mass is 9.97. The summed E-state index contributed by atoms with van der Waals surface area (Å²) < 4.78 is 5.56. The van der Waals surface area contributed by atoms with Crippen LogP contribution < -0.4 is 5.32 Å². The molecule has 0 aromatic rings. The van der Waals surface area contributed by atoms with Crippen LogP contribution in [0.15, 0.2) is 0 Å². The van der Waals surface area contributed by atoms with E-state index >= 15 is 0 Å². The van der Waals surface area contributed by atoms with Crippen LogP contribution in [0.25, 0.3) is 0 Å². The topological polar surface area (TPSA) is 44.7 Å². The standard InChI is InChI=1S/C17H34N2O2/c1-14(2)5-4-10-21-13-17(20)12-18-15-7-9-19-8-3-6-16(19)11-15/h14-18,20H,3-13H2,1-2H3. The maximum Gasteiger partial charge on any atom is 0.0897 e. The Labute approximate surface area is 130 Å². The summed E-state index contributed by atoms with van der Waals surface area (Å²) in [6.45, 7) is 8.89. The number of hydrogen-bond acceptors (Lipinski definition) is 4. The molecule has 21 heavy (non-hydrogen) atoms. The number of piperidine rings is 1. The van der Waals surface area contributed by atoms with Gasteiger partial charge in [0.1, 0.15) is 0 Å². The predicted molar refractivity (Wildman–Crippen MR) is 86.5 cm³/mol. The van der Waals surface area contributed by atoms with E-state index in [9.17, 15) is 5.11 Å². The average molecular weight is 298 g/mol. The van der Waals surface area contributed by atoms with Crippen molar-refractivity contribution in [2.75, 3.05) is 32.8 Å². The van der Waals surface area contributed by atoms with Gasteiger partial charge in [0.15, 0.2) is 0 Å². The van der Waals surface area contributed by atoms with Gasteiger partial charge in [-0.15, -0.1) is 0 Å². The third-order valence-electron chi connectivity index (χ3n) is 4.84. The molecule has 2 saturated heterocycles. The van der Waals surface area contributed by atoms with Gasteiger partial charge in [0.2, 0.25) is 0 Å². The molecule has 4 heteroatoms. The van der Waals surface area contributed by atoms with E-state index in [1.807, 2.05) is 0 Å². The summed E-state index contributed by atoms with van der Waals surface area (Å²) >= 11 is 0. The van der Waals surface area contributed by atoms with Crippen molar-refractivity contribution in [1.82, 2.24) is 10.2 Å². The molecule has 4 nitrogen and oxygen atoms in total. The van der Waals surface area contributed by atoms with Crippen molar-refractivity contribution >= 4 is 0 Å². The zero-order valence-electron chi connectivity index (χ0n) is 13.9. The van der Waals surface area contributed by atoms with E-state index in [0.29, 0.717) is 19.2 Å². The molecule has 0 aromatic heterocycles. The minimum absolute atomic E-state index is 0.370. The highest BCUT2D eigenvalue weighted by Crippen LogP contribution is 2.26. The van der Waals surface area contributed by atoms with Gasteiger partial charge >= 0.3 is 0 Å². The first-order valence-electron chi connectivity index (χ1n) is 8.88. The zero-order valence-corrected chi connectivity index (χ0v) is 13.9. The van der Waals surface area contributed by atoms with Crippen molar-refractivity contribution in [1.29, 1.82) is 0 Å². The molecule has 0 bridgehead atoms. The SMILES string of the molecule is CC(C)CCCOCC(O)CNC1CCN2CCCC2C1. The molecule has 2 aliphatic rings. The van der Waals surface area contributed by atoms with Crippen molar-refractivity contribution in [2.45, 2.75) is 70.6 Å². The number of fused-ring (bicyclic) bond motifs is 1. The van der Waals surface area contributed by atoms with Gasteiger partial charge in [-0.1, -0.05) is 13.8 Å². The second-order valence-corrected chi connectivity index (χ2v) is 7.23. The Morgan fingerprint density at radius 3 is 2.95 bits per heavy atom. The first kappa shape index (κ1) is 17.2. The first-order chi connectivity index (χ1) is 10.1. The number of rotatable bonds is 9. The van der Waals surface area contributed by atoms with Crippen LogP contribution in [0, 0.1) is 5.92 Å². The van der Waals surface area contributed by atoms with Gasteiger partial charge in [-0.2, -0.15) is 0 Å². The summed E-state index contributed by atoms with van der Waals surface area (Å²) in [5.41, 5.74) is 0. The fraction of sp³-hybridized carbons (Fsp3) is 1.00. The van der Waals surface area contributed by atoms with Crippen molar-refractivity contribution in [2.24, 2.45) is 5.92 Å². The summed E-state index contributed by atoms with van der Waals surface area (Å²) in [7, 11) is 0. The molecule has 0 aliphatic carbocycles. The molecular weight excluding hydrogens is 264 g/mol. The number of aliphatic hydroxyl groups is 1. The molecule has 0 aromatic carbocycles. The number of aliphatic hydroxyl groups excluding tert-OH is 1. The zero-order chi connectivity index (χ0) is 15.1. The molecule has 3 atom stereocenters. The van der Waals surface area contributed by atoms with E-state index in [0.717, 1.165) is 25.0 Å². The van der Waals surface area contributed by atoms with E-state index < -0.39 is 0 Å². The van der Waals surface area contributed by atoms with E-state index in [1.54, 1.807) is 0 Å². The van der Waals surface area contributed by atoms with Crippen LogP contribution in [-0.2, 0) is 4.74 Å². The molecule has 2 rings (SSSR count). The van der Waals surface area contributed by atoms with Crippen LogP contribution in [0.2, 0.25) is 0 Å². The van der Waals surface area contributed by atoms with Crippen LogP contribution in [-0.4, -0.2) is 61.0 Å². The van der Waals surface area contributed by atoms with Gasteiger partial charge < -0.3 is 20.1 Å². The molecule has 124 valence electrons. The van der Waals surface area contributed by atoms with Gasteiger partial charge in [-0.3, -0.25) is 0 Å². The molecule has 0 saturated carbocycles. The molecule has 0 spiro atoms. The molecule has 0 amide bonds. The smallest absolute Gasteiger partial charge is 0.0897 e. The predicted octanol–water partition coefficient (Wildman–Crippen LogP) is 2.02. The Morgan fingerprint density at radius 1 is 1.29 bits per heavy atom. The molecule has 0 radical (unpaired) electrons. The quantitative estimate of drug-likeness (QED) is 0.639. The molecule has 2 N–H and O–H groups in total. The monoisotopic (exact) mass is 298 g/mol. The number of nitrogens with one attached hydrogen (secondary N) is 1. The maximum atomic E-state index is 9.98. The molecule has 2 fully saturated rings. The minimum atomic E-state index is -0.370. The first-order valence-corrected chi connectivity index (χ1v) is 8.88. The second-order valence-electron chi connectivity index (χ2n) is 7.23. The van der Waals surface area contributed by atoms with E-state index in [4.69, 9.17) is 4.74 Å². The normalized spacial score (nSPS) is 28.0. The Morgan fingerprint density at radius 2 is 2.14 bits per heavy atom. The third kappa shape index (κ3) is 6.23. The van der Waals surface area contributed by atoms with Crippen molar-refractivity contribution in [3.63, 3.8) is 0 Å². The van der Waals surface area contributed by atoms with E-state index in [-0.39, 0.29) is 6.10 Å². The second kappa shape index (κ2) is 9.09. The maximum absolute atomic E-state index is 9.98. The Hall–Kier alpha value is -0.160. The van der Waals surface area contributed by atoms with E-state index in [1.165, 1.54) is 45.2 Å². The fourth-order valence-electron chi connectivity index (χ4n) is 3.58.